The van der Waals surface area contributed by atoms with Crippen molar-refractivity contribution in [3.8, 4) is 0 Å². The van der Waals surface area contributed by atoms with Gasteiger partial charge in [-0.25, -0.2) is 0 Å². The van der Waals surface area contributed by atoms with E-state index in [0.29, 0.717) is 0 Å². The highest BCUT2D eigenvalue weighted by atomic mass is 16.5. The number of carboxylic acid groups (broad SMARTS) is 1. The van der Waals surface area contributed by atoms with Gasteiger partial charge in [0.05, 0.1) is 19.0 Å². The van der Waals surface area contributed by atoms with Crippen LogP contribution in [0.5, 0.6) is 0 Å². The van der Waals surface area contributed by atoms with Crippen molar-refractivity contribution in [2.45, 2.75) is 50.0 Å². The Bertz CT molecular complexity index is 460. The van der Waals surface area contributed by atoms with E-state index in [4.69, 9.17) is 9.84 Å². The summed E-state index contributed by atoms with van der Waals surface area (Å²) in [6.45, 7) is 0.534. The molecule has 0 aromatic heterocycles. The quantitative estimate of drug-likeness (QED) is 0.275. The first-order valence-electron chi connectivity index (χ1n) is 6.90. The fraction of sp³-hybridized carbons (Fsp3) is 0.750. The first-order chi connectivity index (χ1) is 10.7. The lowest BCUT2D eigenvalue weighted by Gasteiger charge is -2.42. The molecule has 0 aromatic carbocycles. The molecule has 0 spiro atoms. The number of hydrogen-bond donors (Lipinski definition) is 6. The number of quaternary nitrogens is 1. The molecular weight excluding hydrogens is 314 g/mol. The minimum absolute atomic E-state index is 0.503. The molecule has 132 valence electrons. The first-order valence-corrected chi connectivity index (χ1v) is 6.90. The maximum atomic E-state index is 11.8. The van der Waals surface area contributed by atoms with Crippen LogP contribution in [0.25, 0.3) is 0 Å². The lowest BCUT2D eigenvalue weighted by molar-refractivity contribution is -0.436. The monoisotopic (exact) mass is 335 g/mol. The maximum Gasteiger partial charge on any atom is 0.228 e. The Balaban J connectivity index is 2.82. The molecule has 1 aliphatic rings. The third-order valence-corrected chi connectivity index (χ3v) is 3.36. The summed E-state index contributed by atoms with van der Waals surface area (Å²) in [5, 5.41) is 44.1. The number of rotatable bonds is 6. The fourth-order valence-electron chi connectivity index (χ4n) is 2.16. The summed E-state index contributed by atoms with van der Waals surface area (Å²) in [6, 6.07) is -2.47. The first kappa shape index (κ1) is 19.3. The van der Waals surface area contributed by atoms with E-state index < -0.39 is 67.4 Å². The van der Waals surface area contributed by atoms with Gasteiger partial charge in [0.1, 0.15) is 30.4 Å². The van der Waals surface area contributed by atoms with Crippen LogP contribution in [0.3, 0.4) is 0 Å². The smallest absolute Gasteiger partial charge is 0.228 e. The lowest BCUT2D eigenvalue weighted by atomic mass is 9.95. The molecule has 2 amide bonds. The van der Waals surface area contributed by atoms with Crippen molar-refractivity contribution in [1.82, 2.24) is 10.6 Å². The second-order valence-electron chi connectivity index (χ2n) is 5.27. The number of amides is 2. The van der Waals surface area contributed by atoms with Gasteiger partial charge >= 0.3 is 0 Å². The highest BCUT2D eigenvalue weighted by Gasteiger charge is 2.45. The van der Waals surface area contributed by atoms with Gasteiger partial charge < -0.3 is 46.3 Å². The normalized spacial score (nSPS) is 32.0. The molecule has 0 aliphatic carbocycles. The van der Waals surface area contributed by atoms with Crippen molar-refractivity contribution in [3.63, 3.8) is 0 Å². The van der Waals surface area contributed by atoms with E-state index in [9.17, 15) is 29.7 Å². The topological polar surface area (TPSA) is 196 Å². The van der Waals surface area contributed by atoms with Crippen LogP contribution in [0, 0.1) is 0 Å². The summed E-state index contributed by atoms with van der Waals surface area (Å²) in [6.07, 6.45) is -5.94. The van der Waals surface area contributed by atoms with Crippen LogP contribution < -0.4 is 21.5 Å². The van der Waals surface area contributed by atoms with Crippen molar-refractivity contribution < 1.29 is 45.3 Å². The fourth-order valence-corrected chi connectivity index (χ4v) is 2.16. The van der Waals surface area contributed by atoms with Gasteiger partial charge in [-0.15, -0.1) is 0 Å². The van der Waals surface area contributed by atoms with Gasteiger partial charge in [0, 0.05) is 6.92 Å². The van der Waals surface area contributed by atoms with Crippen LogP contribution >= 0.6 is 0 Å². The summed E-state index contributed by atoms with van der Waals surface area (Å²) in [5.41, 5.74) is 3.23. The SMILES string of the molecule is CC(=O)NC1C(NC(=O)CC([NH3+])C(=O)[O-])OC(CO)C(O)C1O. The average molecular weight is 335 g/mol. The van der Waals surface area contributed by atoms with Crippen LogP contribution in [-0.4, -0.2) is 76.3 Å². The average Bonchev–Trinajstić information content (AvgIpc) is 2.46. The van der Waals surface area contributed by atoms with Crippen LogP contribution in [0.4, 0.5) is 0 Å². The largest absolute Gasteiger partial charge is 0.544 e. The van der Waals surface area contributed by atoms with E-state index in [1.54, 1.807) is 0 Å². The van der Waals surface area contributed by atoms with Crippen LogP contribution in [0.15, 0.2) is 0 Å². The number of carbonyl (C=O) groups is 3. The number of hydrogen-bond acceptors (Lipinski definition) is 8. The van der Waals surface area contributed by atoms with Crippen molar-refractivity contribution in [1.29, 1.82) is 0 Å². The van der Waals surface area contributed by atoms with Crippen LogP contribution in [0.2, 0.25) is 0 Å². The van der Waals surface area contributed by atoms with E-state index >= 15 is 0 Å². The van der Waals surface area contributed by atoms with Gasteiger partial charge in [0.25, 0.3) is 0 Å². The van der Waals surface area contributed by atoms with Crippen molar-refractivity contribution >= 4 is 17.8 Å². The number of nitrogens with one attached hydrogen (secondary N) is 2. The van der Waals surface area contributed by atoms with Gasteiger partial charge in [0.2, 0.25) is 11.8 Å². The van der Waals surface area contributed by atoms with Gasteiger partial charge in [-0.1, -0.05) is 0 Å². The lowest BCUT2D eigenvalue weighted by Crippen LogP contribution is -2.71. The molecule has 1 rings (SSSR count). The van der Waals surface area contributed by atoms with E-state index in [2.05, 4.69) is 16.4 Å². The molecule has 11 heteroatoms. The number of carbonyl (C=O) groups excluding carboxylic acids is 3. The maximum absolute atomic E-state index is 11.8. The summed E-state index contributed by atoms with van der Waals surface area (Å²) < 4.78 is 5.25. The predicted octanol–water partition coefficient (Wildman–Crippen LogP) is -6.20. The van der Waals surface area contributed by atoms with E-state index in [0.717, 1.165) is 6.92 Å². The molecule has 1 heterocycles. The third kappa shape index (κ3) is 5.11. The van der Waals surface area contributed by atoms with Gasteiger partial charge in [0.15, 0.2) is 6.23 Å². The molecule has 0 aromatic rings. The number of ether oxygens (including phenoxy) is 1. The van der Waals surface area contributed by atoms with Gasteiger partial charge in [-0.2, -0.15) is 0 Å². The summed E-state index contributed by atoms with van der Waals surface area (Å²) >= 11 is 0. The Morgan fingerprint density at radius 2 is 1.87 bits per heavy atom. The zero-order valence-corrected chi connectivity index (χ0v) is 12.5. The number of aliphatic carboxylic acids is 1. The van der Waals surface area contributed by atoms with E-state index in [1.165, 1.54) is 0 Å². The second-order valence-corrected chi connectivity index (χ2v) is 5.27. The second kappa shape index (κ2) is 8.17. The van der Waals surface area contributed by atoms with Gasteiger partial charge in [-0.05, 0) is 0 Å². The number of carboxylic acids is 1. The number of aliphatic hydroxyl groups excluding tert-OH is 3. The minimum atomic E-state index is -1.51. The molecule has 8 N–H and O–H groups in total. The Morgan fingerprint density at radius 1 is 1.26 bits per heavy atom. The molecule has 6 atom stereocenters. The highest BCUT2D eigenvalue weighted by Crippen LogP contribution is 2.20. The molecule has 1 fully saturated rings. The summed E-state index contributed by atoms with van der Waals surface area (Å²) in [5.74, 6) is -2.82. The predicted molar refractivity (Wildman–Crippen MR) is 69.8 cm³/mol. The zero-order chi connectivity index (χ0) is 17.7. The Morgan fingerprint density at radius 3 is 2.35 bits per heavy atom. The zero-order valence-electron chi connectivity index (χ0n) is 12.5. The standard InChI is InChI=1S/C12H21N3O8/c1-4(17)14-8-10(20)9(19)6(3-16)23-11(8)15-7(18)2-5(13)12(21)22/h5-6,8-11,16,19-20H,2-3,13H2,1H3,(H,14,17)(H,15,18)(H,21,22). The molecule has 6 unspecified atom stereocenters. The molecule has 0 saturated carbocycles. The minimum Gasteiger partial charge on any atom is -0.544 e. The molecule has 11 nitrogen and oxygen atoms in total. The van der Waals surface area contributed by atoms with Crippen molar-refractivity contribution in [3.05, 3.63) is 0 Å². The number of aliphatic hydroxyl groups is 3. The molecule has 23 heavy (non-hydrogen) atoms. The van der Waals surface area contributed by atoms with Gasteiger partial charge in [-0.3, -0.25) is 9.59 Å². The molecule has 0 radical (unpaired) electrons. The third-order valence-electron chi connectivity index (χ3n) is 3.36. The summed E-state index contributed by atoms with van der Waals surface area (Å²) in [7, 11) is 0. The van der Waals surface area contributed by atoms with Crippen LogP contribution in [-0.2, 0) is 19.1 Å². The Labute approximate surface area is 131 Å². The Kier molecular flexibility index (Phi) is 6.84. The van der Waals surface area contributed by atoms with E-state index in [-0.39, 0.29) is 0 Å². The van der Waals surface area contributed by atoms with Crippen molar-refractivity contribution in [2.24, 2.45) is 0 Å². The van der Waals surface area contributed by atoms with Crippen LogP contribution in [0.1, 0.15) is 13.3 Å². The summed E-state index contributed by atoms with van der Waals surface area (Å²) in [4.78, 5) is 33.6. The molecule has 0 bridgehead atoms. The highest BCUT2D eigenvalue weighted by molar-refractivity contribution is 5.82. The molecule has 1 aliphatic heterocycles. The molecule has 1 saturated heterocycles. The van der Waals surface area contributed by atoms with E-state index in [1.807, 2.05) is 0 Å². The molecular formula is C12H21N3O8. The Hall–Kier alpha value is -1.79. The van der Waals surface area contributed by atoms with Crippen molar-refractivity contribution in [2.75, 3.05) is 6.61 Å².